The highest BCUT2D eigenvalue weighted by Gasteiger charge is 2.21. The number of carboxylic acid groups (broad SMARTS) is 1. The maximum Gasteiger partial charge on any atom is 0.339 e. The van der Waals surface area contributed by atoms with Crippen LogP contribution in [0.25, 0.3) is 0 Å². The lowest BCUT2D eigenvalue weighted by Gasteiger charge is -2.09. The van der Waals surface area contributed by atoms with Crippen molar-refractivity contribution in [2.45, 2.75) is 11.8 Å². The minimum Gasteiger partial charge on any atom is -0.478 e. The maximum absolute atomic E-state index is 12.2. The summed E-state index contributed by atoms with van der Waals surface area (Å²) in [5.74, 6) is -1.02. The lowest BCUT2D eigenvalue weighted by Crippen LogP contribution is -2.12. The van der Waals surface area contributed by atoms with E-state index in [9.17, 15) is 13.2 Å². The van der Waals surface area contributed by atoms with Gasteiger partial charge in [0.2, 0.25) is 0 Å². The van der Waals surface area contributed by atoms with E-state index < -0.39 is 16.1 Å². The highest BCUT2D eigenvalue weighted by atomic mass is 32.2. The van der Waals surface area contributed by atoms with Crippen LogP contribution >= 0.6 is 0 Å². The Morgan fingerprint density at radius 1 is 1.10 bits per heavy atom. The van der Waals surface area contributed by atoms with Crippen LogP contribution in [0.5, 0.6) is 5.75 Å². The van der Waals surface area contributed by atoms with Crippen molar-refractivity contribution in [2.75, 3.05) is 0 Å². The standard InChI is InChI=1S/C14H12O5S/c1-10-7-8-11(14(15)16)9-13(10)20(17,18)19-12-5-3-2-4-6-12/h2-9H,1H3,(H,15,16). The third-order valence-corrected chi connectivity index (χ3v) is 4.04. The fourth-order valence-electron chi connectivity index (χ4n) is 1.65. The Kier molecular flexibility index (Phi) is 3.76. The monoisotopic (exact) mass is 292 g/mol. The van der Waals surface area contributed by atoms with Gasteiger partial charge in [0.15, 0.2) is 0 Å². The van der Waals surface area contributed by atoms with Gasteiger partial charge in [0.25, 0.3) is 0 Å². The van der Waals surface area contributed by atoms with Crippen molar-refractivity contribution in [1.82, 2.24) is 0 Å². The van der Waals surface area contributed by atoms with Crippen LogP contribution in [0, 0.1) is 6.92 Å². The summed E-state index contributed by atoms with van der Waals surface area (Å²) in [5, 5.41) is 8.92. The Labute approximate surface area is 116 Å². The molecule has 6 heteroatoms. The topological polar surface area (TPSA) is 80.7 Å². The van der Waals surface area contributed by atoms with Crippen LogP contribution in [-0.2, 0) is 10.1 Å². The number of hydrogen-bond acceptors (Lipinski definition) is 4. The summed E-state index contributed by atoms with van der Waals surface area (Å²) in [6, 6.07) is 11.9. The number of aromatic carboxylic acids is 1. The summed E-state index contributed by atoms with van der Waals surface area (Å²) in [4.78, 5) is 10.8. The second-order valence-corrected chi connectivity index (χ2v) is 5.65. The highest BCUT2D eigenvalue weighted by Crippen LogP contribution is 2.22. The quantitative estimate of drug-likeness (QED) is 0.875. The third-order valence-electron chi connectivity index (χ3n) is 2.65. The van der Waals surface area contributed by atoms with E-state index in [2.05, 4.69) is 0 Å². The Balaban J connectivity index is 2.44. The Morgan fingerprint density at radius 2 is 1.75 bits per heavy atom. The maximum atomic E-state index is 12.2. The predicted octanol–water partition coefficient (Wildman–Crippen LogP) is 2.46. The molecule has 0 fully saturated rings. The van der Waals surface area contributed by atoms with E-state index in [1.165, 1.54) is 24.3 Å². The van der Waals surface area contributed by atoms with Crippen molar-refractivity contribution in [1.29, 1.82) is 0 Å². The molecular formula is C14H12O5S. The zero-order valence-corrected chi connectivity index (χ0v) is 11.4. The highest BCUT2D eigenvalue weighted by molar-refractivity contribution is 7.87. The van der Waals surface area contributed by atoms with Gasteiger partial charge in [-0.2, -0.15) is 8.42 Å². The molecule has 0 unspecified atom stereocenters. The van der Waals surface area contributed by atoms with Crippen LogP contribution in [-0.4, -0.2) is 19.5 Å². The molecule has 20 heavy (non-hydrogen) atoms. The Bertz CT molecular complexity index is 735. The van der Waals surface area contributed by atoms with Gasteiger partial charge >= 0.3 is 16.1 Å². The van der Waals surface area contributed by atoms with E-state index in [4.69, 9.17) is 9.29 Å². The molecule has 0 amide bonds. The number of aryl methyl sites for hydroxylation is 1. The largest absolute Gasteiger partial charge is 0.478 e. The average Bonchev–Trinajstić information content (AvgIpc) is 2.39. The van der Waals surface area contributed by atoms with Gasteiger partial charge in [-0.05, 0) is 36.8 Å². The minimum absolute atomic E-state index is 0.106. The van der Waals surface area contributed by atoms with Crippen LogP contribution in [0.4, 0.5) is 0 Å². The molecule has 0 aliphatic carbocycles. The first-order valence-corrected chi connectivity index (χ1v) is 7.14. The Hall–Kier alpha value is -2.34. The van der Waals surface area contributed by atoms with Gasteiger partial charge in [0.05, 0.1) is 5.56 Å². The number of rotatable bonds is 4. The molecule has 0 aliphatic rings. The molecule has 5 nitrogen and oxygen atoms in total. The lowest BCUT2D eigenvalue weighted by molar-refractivity contribution is 0.0696. The summed E-state index contributed by atoms with van der Waals surface area (Å²) >= 11 is 0. The molecule has 2 aromatic carbocycles. The summed E-state index contributed by atoms with van der Waals surface area (Å²) < 4.78 is 29.3. The van der Waals surface area contributed by atoms with E-state index in [-0.39, 0.29) is 16.2 Å². The average molecular weight is 292 g/mol. The summed E-state index contributed by atoms with van der Waals surface area (Å²) in [5.41, 5.74) is 0.316. The molecule has 0 aromatic heterocycles. The fraction of sp³-hybridized carbons (Fsp3) is 0.0714. The summed E-state index contributed by atoms with van der Waals surface area (Å²) in [7, 11) is -4.06. The van der Waals surface area contributed by atoms with Crippen LogP contribution in [0.2, 0.25) is 0 Å². The first kappa shape index (κ1) is 14.1. The van der Waals surface area contributed by atoms with Gasteiger partial charge in [-0.1, -0.05) is 24.3 Å². The van der Waals surface area contributed by atoms with E-state index in [0.717, 1.165) is 6.07 Å². The molecule has 0 saturated heterocycles. The van der Waals surface area contributed by atoms with E-state index >= 15 is 0 Å². The van der Waals surface area contributed by atoms with Crippen molar-refractivity contribution in [3.63, 3.8) is 0 Å². The van der Waals surface area contributed by atoms with Gasteiger partial charge in [-0.25, -0.2) is 4.79 Å². The third kappa shape index (κ3) is 2.97. The van der Waals surface area contributed by atoms with Crippen LogP contribution < -0.4 is 4.18 Å². The molecule has 0 aliphatic heterocycles. The van der Waals surface area contributed by atoms with Crippen LogP contribution in [0.3, 0.4) is 0 Å². The first-order valence-electron chi connectivity index (χ1n) is 5.73. The molecule has 2 aromatic rings. The molecule has 1 N–H and O–H groups in total. The number of hydrogen-bond donors (Lipinski definition) is 1. The normalized spacial score (nSPS) is 11.1. The molecule has 0 heterocycles. The second-order valence-electron chi connectivity index (χ2n) is 4.14. The zero-order valence-electron chi connectivity index (χ0n) is 10.6. The van der Waals surface area contributed by atoms with Crippen molar-refractivity contribution >= 4 is 16.1 Å². The van der Waals surface area contributed by atoms with Gasteiger partial charge in [0, 0.05) is 0 Å². The SMILES string of the molecule is Cc1ccc(C(=O)O)cc1S(=O)(=O)Oc1ccccc1. The van der Waals surface area contributed by atoms with E-state index in [0.29, 0.717) is 5.56 Å². The van der Waals surface area contributed by atoms with Crippen molar-refractivity contribution in [2.24, 2.45) is 0 Å². The molecular weight excluding hydrogens is 280 g/mol. The minimum atomic E-state index is -4.06. The Morgan fingerprint density at radius 3 is 2.35 bits per heavy atom. The van der Waals surface area contributed by atoms with Crippen LogP contribution in [0.15, 0.2) is 53.4 Å². The van der Waals surface area contributed by atoms with E-state index in [1.54, 1.807) is 25.1 Å². The molecule has 0 radical (unpaired) electrons. The van der Waals surface area contributed by atoms with Gasteiger partial charge < -0.3 is 9.29 Å². The predicted molar refractivity (Wildman–Crippen MR) is 72.4 cm³/mol. The van der Waals surface area contributed by atoms with Crippen molar-refractivity contribution in [3.8, 4) is 5.75 Å². The fourth-order valence-corrected chi connectivity index (χ4v) is 2.84. The van der Waals surface area contributed by atoms with Crippen molar-refractivity contribution < 1.29 is 22.5 Å². The first-order chi connectivity index (χ1) is 9.40. The number of carboxylic acids is 1. The zero-order chi connectivity index (χ0) is 14.8. The summed E-state index contributed by atoms with van der Waals surface area (Å²) in [6.07, 6.45) is 0. The summed E-state index contributed by atoms with van der Waals surface area (Å²) in [6.45, 7) is 1.58. The van der Waals surface area contributed by atoms with Gasteiger partial charge in [0.1, 0.15) is 10.6 Å². The van der Waals surface area contributed by atoms with E-state index in [1.807, 2.05) is 0 Å². The second kappa shape index (κ2) is 5.34. The molecule has 0 saturated carbocycles. The molecule has 0 spiro atoms. The van der Waals surface area contributed by atoms with Crippen LogP contribution in [0.1, 0.15) is 15.9 Å². The number of para-hydroxylation sites is 1. The molecule has 104 valence electrons. The van der Waals surface area contributed by atoms with Crippen molar-refractivity contribution in [3.05, 3.63) is 59.7 Å². The lowest BCUT2D eigenvalue weighted by atomic mass is 10.1. The molecule has 0 atom stereocenters. The molecule has 0 bridgehead atoms. The molecule has 2 rings (SSSR count). The van der Waals surface area contributed by atoms with Gasteiger partial charge in [-0.3, -0.25) is 0 Å². The number of benzene rings is 2. The number of carbonyl (C=O) groups is 1. The smallest absolute Gasteiger partial charge is 0.339 e. The van der Waals surface area contributed by atoms with Gasteiger partial charge in [-0.15, -0.1) is 0 Å².